The Morgan fingerprint density at radius 3 is 2.55 bits per heavy atom. The van der Waals surface area contributed by atoms with Crippen molar-refractivity contribution < 1.29 is 19.8 Å². The molecule has 2 unspecified atom stereocenters. The number of fused-ring (bicyclic) bond motifs is 1. The molecule has 4 N–H and O–H groups in total. The van der Waals surface area contributed by atoms with E-state index in [1.807, 2.05) is 0 Å². The summed E-state index contributed by atoms with van der Waals surface area (Å²) >= 11 is 0. The molecule has 6 heteroatoms. The molecule has 4 aliphatic rings. The lowest BCUT2D eigenvalue weighted by atomic mass is 9.72. The van der Waals surface area contributed by atoms with Crippen LogP contribution in [0.15, 0.2) is 88.8 Å². The molecule has 0 aromatic heterocycles. The summed E-state index contributed by atoms with van der Waals surface area (Å²) < 4.78 is 0. The average Bonchev–Trinajstić information content (AvgIpc) is 3.18. The smallest absolute Gasteiger partial charge is 0.328 e. The van der Waals surface area contributed by atoms with E-state index in [9.17, 15) is 9.59 Å². The molecule has 5 rings (SSSR count). The van der Waals surface area contributed by atoms with E-state index < -0.39 is 11.9 Å². The van der Waals surface area contributed by atoms with Crippen molar-refractivity contribution >= 4 is 11.9 Å². The van der Waals surface area contributed by atoms with E-state index in [4.69, 9.17) is 10.2 Å². The van der Waals surface area contributed by atoms with E-state index in [2.05, 4.69) is 59.3 Å². The minimum atomic E-state index is -1.26. The molecule has 1 saturated heterocycles. The number of dihydropyridines is 1. The summed E-state index contributed by atoms with van der Waals surface area (Å²) in [5, 5.41) is 22.9. The highest BCUT2D eigenvalue weighted by molar-refractivity contribution is 5.89. The van der Waals surface area contributed by atoms with Crippen molar-refractivity contribution in [2.75, 3.05) is 6.54 Å². The van der Waals surface area contributed by atoms with Crippen LogP contribution < -0.4 is 10.6 Å². The third-order valence-corrected chi connectivity index (χ3v) is 6.06. The van der Waals surface area contributed by atoms with Crippen molar-refractivity contribution in [3.63, 3.8) is 0 Å². The average molecular weight is 418 g/mol. The number of carboxylic acids is 2. The molecule has 31 heavy (non-hydrogen) atoms. The number of benzene rings is 1. The van der Waals surface area contributed by atoms with Gasteiger partial charge in [-0.2, -0.15) is 0 Å². The number of carbonyl (C=O) groups is 2. The number of carboxylic acid groups (broad SMARTS) is 2. The van der Waals surface area contributed by atoms with E-state index >= 15 is 0 Å². The lowest BCUT2D eigenvalue weighted by Gasteiger charge is -2.35. The monoisotopic (exact) mass is 418 g/mol. The second-order valence-corrected chi connectivity index (χ2v) is 8.02. The van der Waals surface area contributed by atoms with E-state index in [1.165, 1.54) is 36.1 Å². The molecule has 2 heterocycles. The van der Waals surface area contributed by atoms with Crippen molar-refractivity contribution in [2.45, 2.75) is 31.7 Å². The largest absolute Gasteiger partial charge is 0.478 e. The van der Waals surface area contributed by atoms with Gasteiger partial charge in [0.05, 0.1) is 6.04 Å². The zero-order valence-corrected chi connectivity index (χ0v) is 17.2. The molecule has 2 aliphatic carbocycles. The quantitative estimate of drug-likeness (QED) is 0.560. The summed E-state index contributed by atoms with van der Waals surface area (Å²) in [6.45, 7) is 1.11. The first-order valence-corrected chi connectivity index (χ1v) is 10.5. The summed E-state index contributed by atoms with van der Waals surface area (Å²) in [4.78, 5) is 19.1. The van der Waals surface area contributed by atoms with E-state index in [1.54, 1.807) is 16.7 Å². The Morgan fingerprint density at radius 2 is 1.84 bits per heavy atom. The highest BCUT2D eigenvalue weighted by Crippen LogP contribution is 2.46. The Morgan fingerprint density at radius 1 is 1.10 bits per heavy atom. The summed E-state index contributed by atoms with van der Waals surface area (Å²) in [7, 11) is 0. The van der Waals surface area contributed by atoms with Gasteiger partial charge in [-0.1, -0.05) is 36.4 Å². The summed E-state index contributed by atoms with van der Waals surface area (Å²) in [6, 6.07) is 11.3. The number of rotatable bonds is 4. The highest BCUT2D eigenvalue weighted by atomic mass is 16.4. The molecule has 0 saturated carbocycles. The predicted octanol–water partition coefficient (Wildman–Crippen LogP) is 3.32. The van der Waals surface area contributed by atoms with Gasteiger partial charge in [0.15, 0.2) is 0 Å². The van der Waals surface area contributed by atoms with E-state index in [-0.39, 0.29) is 0 Å². The molecule has 1 aromatic rings. The maximum atomic E-state index is 9.55. The Bertz CT molecular complexity index is 1010. The fraction of sp³-hybridized carbons (Fsp3) is 0.280. The maximum Gasteiger partial charge on any atom is 0.328 e. The zero-order valence-electron chi connectivity index (χ0n) is 17.2. The highest BCUT2D eigenvalue weighted by Gasteiger charge is 2.37. The topological polar surface area (TPSA) is 98.7 Å². The van der Waals surface area contributed by atoms with Crippen LogP contribution in [-0.2, 0) is 16.0 Å². The van der Waals surface area contributed by atoms with Crippen molar-refractivity contribution in [3.8, 4) is 0 Å². The zero-order chi connectivity index (χ0) is 21.8. The number of hydrogen-bond acceptors (Lipinski definition) is 4. The number of hydrogen-bond donors (Lipinski definition) is 4. The van der Waals surface area contributed by atoms with Crippen LogP contribution >= 0.6 is 0 Å². The Balaban J connectivity index is 0.000000250. The second-order valence-electron chi connectivity index (χ2n) is 8.02. The molecule has 1 fully saturated rings. The molecule has 160 valence electrons. The first-order valence-electron chi connectivity index (χ1n) is 10.5. The lowest BCUT2D eigenvalue weighted by Crippen LogP contribution is -2.35. The van der Waals surface area contributed by atoms with Crippen LogP contribution in [0.1, 0.15) is 24.8 Å². The van der Waals surface area contributed by atoms with Crippen LogP contribution in [0.2, 0.25) is 0 Å². The molecule has 0 spiro atoms. The number of allylic oxidation sites excluding steroid dienone is 5. The van der Waals surface area contributed by atoms with Crippen LogP contribution in [0, 0.1) is 5.92 Å². The number of aliphatic carboxylic acids is 2. The van der Waals surface area contributed by atoms with Gasteiger partial charge in [-0.05, 0) is 65.8 Å². The first kappa shape index (κ1) is 20.7. The third kappa shape index (κ3) is 4.63. The van der Waals surface area contributed by atoms with E-state index in [0.717, 1.165) is 13.0 Å². The molecule has 2 aliphatic heterocycles. The van der Waals surface area contributed by atoms with Gasteiger partial charge < -0.3 is 20.8 Å². The predicted molar refractivity (Wildman–Crippen MR) is 118 cm³/mol. The van der Waals surface area contributed by atoms with Crippen molar-refractivity contribution in [3.05, 3.63) is 94.4 Å². The molecular formula is C25H26N2O4. The van der Waals surface area contributed by atoms with Crippen LogP contribution in [0.4, 0.5) is 0 Å². The maximum absolute atomic E-state index is 9.55. The lowest BCUT2D eigenvalue weighted by molar-refractivity contribution is -0.134. The molecule has 1 aromatic carbocycles. The summed E-state index contributed by atoms with van der Waals surface area (Å²) in [6.07, 6.45) is 12.7. The van der Waals surface area contributed by atoms with Crippen molar-refractivity contribution in [1.29, 1.82) is 0 Å². The van der Waals surface area contributed by atoms with Gasteiger partial charge in [-0.3, -0.25) is 0 Å². The molecule has 6 nitrogen and oxygen atoms in total. The Hall–Kier alpha value is -3.54. The van der Waals surface area contributed by atoms with Crippen LogP contribution in [0.5, 0.6) is 0 Å². The molecule has 0 bridgehead atoms. The van der Waals surface area contributed by atoms with Gasteiger partial charge in [-0.25, -0.2) is 9.59 Å². The van der Waals surface area contributed by atoms with Gasteiger partial charge in [0, 0.05) is 30.3 Å². The van der Waals surface area contributed by atoms with E-state index in [0.29, 0.717) is 24.1 Å². The van der Waals surface area contributed by atoms with Crippen LogP contribution in [0.3, 0.4) is 0 Å². The van der Waals surface area contributed by atoms with Gasteiger partial charge >= 0.3 is 11.9 Å². The minimum Gasteiger partial charge on any atom is -0.478 e. The second kappa shape index (κ2) is 9.08. The molecular weight excluding hydrogens is 392 g/mol. The normalized spacial score (nSPS) is 23.2. The standard InChI is InChI=1S/C21H22N2.C4H4O4/c1-2-5-14(6-3-1)11-20-18-12-15-13-23-19-8-4-7-17(21(15)19)16(18)9-10-22-20;5-3(6)1-2-4(7)8/h1-3,5-6,8-10,15,20,22-23H,4,7,11-13H2;1-2H,(H,5,6)(H,7,8)/b;2-1-. The van der Waals surface area contributed by atoms with Crippen molar-refractivity contribution in [1.82, 2.24) is 10.6 Å². The molecule has 0 amide bonds. The Labute approximate surface area is 181 Å². The fourth-order valence-corrected chi connectivity index (χ4v) is 4.82. The molecule has 0 radical (unpaired) electrons. The fourth-order valence-electron chi connectivity index (χ4n) is 4.82. The first-order chi connectivity index (χ1) is 15.0. The Kier molecular flexibility index (Phi) is 6.07. The van der Waals surface area contributed by atoms with Crippen LogP contribution in [-0.4, -0.2) is 34.7 Å². The van der Waals surface area contributed by atoms with Gasteiger partial charge in [0.25, 0.3) is 0 Å². The summed E-state index contributed by atoms with van der Waals surface area (Å²) in [5.74, 6) is -1.83. The minimum absolute atomic E-state index is 0.446. The third-order valence-electron chi connectivity index (χ3n) is 6.06. The SMILES string of the molecule is C1=CC2=C(CC3CNC4=CCCC2=C43)C(Cc2ccccc2)N1.O=C(O)/C=C\C(=O)O. The summed E-state index contributed by atoms with van der Waals surface area (Å²) in [5.41, 5.74) is 9.25. The van der Waals surface area contributed by atoms with Crippen LogP contribution in [0.25, 0.3) is 0 Å². The van der Waals surface area contributed by atoms with Gasteiger partial charge in [0.2, 0.25) is 0 Å². The van der Waals surface area contributed by atoms with Gasteiger partial charge in [-0.15, -0.1) is 0 Å². The van der Waals surface area contributed by atoms with Crippen molar-refractivity contribution in [2.24, 2.45) is 5.92 Å². The van der Waals surface area contributed by atoms with Gasteiger partial charge in [0.1, 0.15) is 0 Å². The number of nitrogens with one attached hydrogen (secondary N) is 2. The molecule has 2 atom stereocenters.